The third-order valence-electron chi connectivity index (χ3n) is 2.86. The molecule has 0 unspecified atom stereocenters. The number of nitrogens with zero attached hydrogens (tertiary/aromatic N) is 2. The lowest BCUT2D eigenvalue weighted by atomic mass is 10.1. The van der Waals surface area contributed by atoms with Gasteiger partial charge in [0.15, 0.2) is 0 Å². The van der Waals surface area contributed by atoms with Crippen molar-refractivity contribution >= 4 is 5.82 Å². The molecule has 0 atom stereocenters. The van der Waals surface area contributed by atoms with Crippen LogP contribution in [0, 0.1) is 5.92 Å². The lowest BCUT2D eigenvalue weighted by Crippen LogP contribution is -2.33. The quantitative estimate of drug-likeness (QED) is 0.803. The van der Waals surface area contributed by atoms with Crippen LogP contribution < -0.4 is 5.32 Å². The third-order valence-corrected chi connectivity index (χ3v) is 2.86. The Hall–Kier alpha value is -1.09. The predicted molar refractivity (Wildman–Crippen MR) is 78.8 cm³/mol. The molecule has 0 spiro atoms. The second kappa shape index (κ2) is 7.37. The van der Waals surface area contributed by atoms with Gasteiger partial charge in [0.25, 0.3) is 0 Å². The molecule has 0 bridgehead atoms. The van der Waals surface area contributed by atoms with Crippen LogP contribution in [0.3, 0.4) is 0 Å². The van der Waals surface area contributed by atoms with Crippen LogP contribution in [-0.4, -0.2) is 29.0 Å². The molecule has 0 aromatic carbocycles. The number of anilines is 1. The number of rotatable bonds is 7. The molecule has 1 heterocycles. The van der Waals surface area contributed by atoms with Crippen LogP contribution in [0.5, 0.6) is 0 Å². The number of pyridine rings is 1. The minimum atomic E-state index is 0.553. The maximum atomic E-state index is 4.64. The van der Waals surface area contributed by atoms with Crippen LogP contribution in [0.15, 0.2) is 18.2 Å². The summed E-state index contributed by atoms with van der Waals surface area (Å²) >= 11 is 0. The van der Waals surface area contributed by atoms with Crippen molar-refractivity contribution in [1.82, 2.24) is 9.88 Å². The minimum Gasteiger partial charge on any atom is -0.370 e. The molecule has 0 saturated carbocycles. The minimum absolute atomic E-state index is 0.553. The summed E-state index contributed by atoms with van der Waals surface area (Å²) in [5.41, 5.74) is 1.14. The first-order chi connectivity index (χ1) is 8.52. The number of hydrogen-bond donors (Lipinski definition) is 1. The van der Waals surface area contributed by atoms with Gasteiger partial charge in [-0.1, -0.05) is 19.9 Å². The van der Waals surface area contributed by atoms with Gasteiger partial charge in [0.05, 0.1) is 5.69 Å². The van der Waals surface area contributed by atoms with Crippen molar-refractivity contribution in [2.24, 2.45) is 5.92 Å². The molecule has 3 heteroatoms. The normalized spacial score (nSPS) is 11.6. The summed E-state index contributed by atoms with van der Waals surface area (Å²) in [6.07, 6.45) is 0. The first-order valence-corrected chi connectivity index (χ1v) is 6.96. The van der Waals surface area contributed by atoms with Crippen molar-refractivity contribution in [2.45, 2.75) is 47.2 Å². The van der Waals surface area contributed by atoms with Crippen LogP contribution in [0.4, 0.5) is 5.82 Å². The topological polar surface area (TPSA) is 28.2 Å². The van der Waals surface area contributed by atoms with Crippen molar-refractivity contribution < 1.29 is 0 Å². The van der Waals surface area contributed by atoms with E-state index in [4.69, 9.17) is 0 Å². The van der Waals surface area contributed by atoms with E-state index in [2.05, 4.69) is 62.0 Å². The summed E-state index contributed by atoms with van der Waals surface area (Å²) in [6.45, 7) is 14.1. The Kier molecular flexibility index (Phi) is 6.13. The van der Waals surface area contributed by atoms with E-state index in [9.17, 15) is 0 Å². The van der Waals surface area contributed by atoms with E-state index in [0.29, 0.717) is 12.0 Å². The monoisotopic (exact) mass is 249 g/mol. The lowest BCUT2D eigenvalue weighted by molar-refractivity contribution is 0.187. The third kappa shape index (κ3) is 5.05. The van der Waals surface area contributed by atoms with E-state index < -0.39 is 0 Å². The lowest BCUT2D eigenvalue weighted by Gasteiger charge is -2.28. The fraction of sp³-hybridized carbons (Fsp3) is 0.667. The van der Waals surface area contributed by atoms with Gasteiger partial charge in [-0.2, -0.15) is 0 Å². The molecule has 0 radical (unpaired) electrons. The second-order valence-electron chi connectivity index (χ2n) is 5.46. The van der Waals surface area contributed by atoms with Gasteiger partial charge < -0.3 is 5.32 Å². The molecule has 1 aromatic heterocycles. The Labute approximate surface area is 112 Å². The molecular formula is C15H27N3. The maximum absolute atomic E-state index is 4.64. The van der Waals surface area contributed by atoms with Gasteiger partial charge in [-0.05, 0) is 38.8 Å². The highest BCUT2D eigenvalue weighted by Crippen LogP contribution is 2.11. The van der Waals surface area contributed by atoms with E-state index in [0.717, 1.165) is 31.1 Å². The summed E-state index contributed by atoms with van der Waals surface area (Å²) in [4.78, 5) is 7.11. The molecule has 18 heavy (non-hydrogen) atoms. The van der Waals surface area contributed by atoms with E-state index in [1.807, 2.05) is 6.07 Å². The van der Waals surface area contributed by atoms with Crippen LogP contribution in [0.2, 0.25) is 0 Å². The van der Waals surface area contributed by atoms with Crippen molar-refractivity contribution in [1.29, 1.82) is 0 Å². The Morgan fingerprint density at radius 3 is 2.50 bits per heavy atom. The Morgan fingerprint density at radius 1 is 1.22 bits per heavy atom. The molecule has 1 N–H and O–H groups in total. The standard InChI is InChI=1S/C15H27N3/c1-6-16-15-9-7-8-14(17-15)11-18(13(4)5)10-12(2)3/h7-9,12-13H,6,10-11H2,1-5H3,(H,16,17). The highest BCUT2D eigenvalue weighted by molar-refractivity contribution is 5.34. The Bertz CT molecular complexity index is 347. The largest absolute Gasteiger partial charge is 0.370 e. The maximum Gasteiger partial charge on any atom is 0.126 e. The molecule has 1 rings (SSSR count). The fourth-order valence-electron chi connectivity index (χ4n) is 1.98. The van der Waals surface area contributed by atoms with Gasteiger partial charge in [-0.15, -0.1) is 0 Å². The van der Waals surface area contributed by atoms with Crippen molar-refractivity contribution in [3.05, 3.63) is 23.9 Å². The van der Waals surface area contributed by atoms with E-state index in [1.54, 1.807) is 0 Å². The summed E-state index contributed by atoms with van der Waals surface area (Å²) in [6, 6.07) is 6.76. The van der Waals surface area contributed by atoms with Gasteiger partial charge in [0.1, 0.15) is 5.82 Å². The molecule has 0 aliphatic carbocycles. The highest BCUT2D eigenvalue weighted by atomic mass is 15.2. The molecular weight excluding hydrogens is 222 g/mol. The predicted octanol–water partition coefficient (Wildman–Crippen LogP) is 3.38. The van der Waals surface area contributed by atoms with E-state index in [1.165, 1.54) is 0 Å². The van der Waals surface area contributed by atoms with Crippen molar-refractivity contribution in [2.75, 3.05) is 18.4 Å². The van der Waals surface area contributed by atoms with Crippen molar-refractivity contribution in [3.8, 4) is 0 Å². The van der Waals surface area contributed by atoms with Crippen LogP contribution in [0.25, 0.3) is 0 Å². The zero-order valence-electron chi connectivity index (χ0n) is 12.4. The average molecular weight is 249 g/mol. The summed E-state index contributed by atoms with van der Waals surface area (Å²) in [5.74, 6) is 1.66. The molecule has 0 aliphatic rings. The number of aromatic nitrogens is 1. The summed E-state index contributed by atoms with van der Waals surface area (Å²) in [5, 5.41) is 3.26. The van der Waals surface area contributed by atoms with E-state index in [-0.39, 0.29) is 0 Å². The Morgan fingerprint density at radius 2 is 1.94 bits per heavy atom. The smallest absolute Gasteiger partial charge is 0.126 e. The summed E-state index contributed by atoms with van der Waals surface area (Å²) in [7, 11) is 0. The Balaban J connectivity index is 2.70. The first kappa shape index (κ1) is 15.0. The molecule has 102 valence electrons. The first-order valence-electron chi connectivity index (χ1n) is 6.96. The van der Waals surface area contributed by atoms with Gasteiger partial charge in [0, 0.05) is 25.7 Å². The molecule has 0 fully saturated rings. The van der Waals surface area contributed by atoms with Gasteiger partial charge in [-0.25, -0.2) is 4.98 Å². The number of hydrogen-bond acceptors (Lipinski definition) is 3. The molecule has 0 aliphatic heterocycles. The van der Waals surface area contributed by atoms with Gasteiger partial charge >= 0.3 is 0 Å². The SMILES string of the molecule is CCNc1cccc(CN(CC(C)C)C(C)C)n1. The van der Waals surface area contributed by atoms with Gasteiger partial charge in [-0.3, -0.25) is 4.90 Å². The van der Waals surface area contributed by atoms with Crippen LogP contribution >= 0.6 is 0 Å². The van der Waals surface area contributed by atoms with Gasteiger partial charge in [0.2, 0.25) is 0 Å². The number of nitrogens with one attached hydrogen (secondary N) is 1. The second-order valence-corrected chi connectivity index (χ2v) is 5.46. The zero-order valence-corrected chi connectivity index (χ0v) is 12.4. The van der Waals surface area contributed by atoms with Crippen LogP contribution in [0.1, 0.15) is 40.3 Å². The fourth-order valence-corrected chi connectivity index (χ4v) is 1.98. The average Bonchev–Trinajstić information content (AvgIpc) is 2.28. The zero-order chi connectivity index (χ0) is 13.5. The molecule has 3 nitrogen and oxygen atoms in total. The highest BCUT2D eigenvalue weighted by Gasteiger charge is 2.12. The van der Waals surface area contributed by atoms with Crippen LogP contribution in [-0.2, 0) is 6.54 Å². The van der Waals surface area contributed by atoms with Crippen molar-refractivity contribution in [3.63, 3.8) is 0 Å². The van der Waals surface area contributed by atoms with E-state index >= 15 is 0 Å². The molecule has 1 aromatic rings. The molecule has 0 saturated heterocycles. The molecule has 0 amide bonds. The summed E-state index contributed by atoms with van der Waals surface area (Å²) < 4.78 is 0.